The summed E-state index contributed by atoms with van der Waals surface area (Å²) in [5, 5.41) is 12.9. The number of hydrogen-bond acceptors (Lipinski definition) is 16. The molecule has 2 N–H and O–H groups in total. The highest BCUT2D eigenvalue weighted by Crippen LogP contribution is 2.64. The Labute approximate surface area is 590 Å². The van der Waals surface area contributed by atoms with Crippen LogP contribution in [0.4, 0.5) is 11.4 Å². The minimum absolute atomic E-state index is 0.0204. The van der Waals surface area contributed by atoms with Crippen molar-refractivity contribution in [3.05, 3.63) is 202 Å². The van der Waals surface area contributed by atoms with Gasteiger partial charge in [-0.3, -0.25) is 19.1 Å². The number of amides is 1. The molecule has 7 aliphatic heterocycles. The van der Waals surface area contributed by atoms with Gasteiger partial charge in [-0.1, -0.05) is 84.1 Å². The predicted octanol–water partition coefficient (Wildman–Crippen LogP) is 11.9. The number of anilines is 2. The summed E-state index contributed by atoms with van der Waals surface area (Å²) in [6.07, 6.45) is 6.09. The predicted molar refractivity (Wildman–Crippen MR) is 383 cm³/mol. The number of carbonyl (C=O) groups excluding carboxylic acids is 1. The molecule has 14 rings (SSSR count). The zero-order valence-corrected chi connectivity index (χ0v) is 59.8. The summed E-state index contributed by atoms with van der Waals surface area (Å²) in [5.74, 6) is 8.32. The van der Waals surface area contributed by atoms with Crippen LogP contribution < -0.4 is 40.6 Å². The van der Waals surface area contributed by atoms with Gasteiger partial charge in [0, 0.05) is 121 Å². The summed E-state index contributed by atoms with van der Waals surface area (Å²) in [4.78, 5) is 49.5. The molecule has 0 saturated carbocycles. The molecule has 100 heavy (non-hydrogen) atoms. The second-order valence-electron chi connectivity index (χ2n) is 27.1. The molecule has 4 atom stereocenters. The van der Waals surface area contributed by atoms with E-state index in [0.717, 1.165) is 128 Å². The Balaban J connectivity index is 0.742. The second kappa shape index (κ2) is 28.8. The van der Waals surface area contributed by atoms with Crippen molar-refractivity contribution in [3.63, 3.8) is 0 Å². The average molecular weight is 1410 g/mol. The Morgan fingerprint density at radius 3 is 1.96 bits per heavy atom. The number of benzene rings is 6. The largest absolute Gasteiger partial charge is 0.497 e. The first-order valence-corrected chi connectivity index (χ1v) is 37.8. The first-order chi connectivity index (χ1) is 48.5. The van der Waals surface area contributed by atoms with Gasteiger partial charge in [0.25, 0.3) is 14.1 Å². The van der Waals surface area contributed by atoms with Gasteiger partial charge < -0.3 is 47.8 Å². The molecular formula is C77H84ClN8O12PS. The summed E-state index contributed by atoms with van der Waals surface area (Å²) in [6, 6.07) is 37.0. The van der Waals surface area contributed by atoms with Crippen LogP contribution >= 0.6 is 20.1 Å². The molecule has 2 unspecified atom stereocenters. The van der Waals surface area contributed by atoms with Gasteiger partial charge in [-0.15, -0.1) is 0 Å². The molecule has 1 spiro atoms. The number of halogens is 1. The van der Waals surface area contributed by atoms with Gasteiger partial charge in [0.1, 0.15) is 52.0 Å². The lowest BCUT2D eigenvalue weighted by Gasteiger charge is -2.48. The van der Waals surface area contributed by atoms with Crippen LogP contribution in [0.15, 0.2) is 130 Å². The molecule has 7 aromatic rings. The Bertz CT molecular complexity index is 4470. The van der Waals surface area contributed by atoms with Crippen molar-refractivity contribution < 1.29 is 45.9 Å². The summed E-state index contributed by atoms with van der Waals surface area (Å²) in [5.41, 5.74) is 7.55. The van der Waals surface area contributed by atoms with Crippen molar-refractivity contribution in [3.8, 4) is 40.9 Å². The van der Waals surface area contributed by atoms with Crippen molar-refractivity contribution in [1.29, 1.82) is 5.26 Å². The number of aryl methyl sites for hydroxylation is 2. The lowest BCUT2D eigenvalue weighted by atomic mass is 9.70. The number of H-pyrrole nitrogens is 1. The molecule has 1 fully saturated rings. The molecule has 522 valence electrons. The Morgan fingerprint density at radius 1 is 0.790 bits per heavy atom. The van der Waals surface area contributed by atoms with E-state index in [1.807, 2.05) is 113 Å². The van der Waals surface area contributed by atoms with Gasteiger partial charge in [-0.25, -0.2) is 17.9 Å². The van der Waals surface area contributed by atoms with Gasteiger partial charge in [0.2, 0.25) is 15.9 Å². The number of rotatable bonds is 22. The fraction of sp³-hybridized carbons (Fsp3) is 0.429. The van der Waals surface area contributed by atoms with E-state index in [0.29, 0.717) is 22.1 Å². The quantitative estimate of drug-likeness (QED) is 0.0279. The van der Waals surface area contributed by atoms with Crippen LogP contribution in [-0.4, -0.2) is 124 Å². The molecule has 20 nitrogen and oxygen atoms in total. The van der Waals surface area contributed by atoms with E-state index in [9.17, 15) is 19.6 Å². The number of methoxy groups -OCH3 is 2. The number of aromatic nitrogens is 2. The number of fused-ring (bicyclic) bond motifs is 8. The van der Waals surface area contributed by atoms with Crippen molar-refractivity contribution >= 4 is 47.4 Å². The highest BCUT2D eigenvalue weighted by molar-refractivity contribution is 7.89. The van der Waals surface area contributed by atoms with Crippen molar-refractivity contribution in [2.75, 3.05) is 76.5 Å². The van der Waals surface area contributed by atoms with Crippen LogP contribution in [0, 0.1) is 23.2 Å². The number of aromatic amines is 1. The molecule has 0 radical (unpaired) electrons. The van der Waals surface area contributed by atoms with Crippen LogP contribution in [0.25, 0.3) is 0 Å². The first-order valence-electron chi connectivity index (χ1n) is 34.9. The molecule has 8 heterocycles. The summed E-state index contributed by atoms with van der Waals surface area (Å²) in [7, 11) is -2.88. The zero-order valence-electron chi connectivity index (χ0n) is 57.3. The van der Waals surface area contributed by atoms with Gasteiger partial charge in [0.05, 0.1) is 50.9 Å². The van der Waals surface area contributed by atoms with Crippen molar-refractivity contribution in [2.24, 2.45) is 0 Å². The summed E-state index contributed by atoms with van der Waals surface area (Å²) >= 11 is 6.76. The van der Waals surface area contributed by atoms with Crippen LogP contribution in [-0.2, 0) is 70.2 Å². The number of nitrogens with one attached hydrogen (secondary N) is 2. The molecule has 6 aromatic carbocycles. The topological polar surface area (TPSA) is 219 Å². The maximum absolute atomic E-state index is 15.6. The Morgan fingerprint density at radius 2 is 1.38 bits per heavy atom. The van der Waals surface area contributed by atoms with E-state index in [1.54, 1.807) is 30.7 Å². The summed E-state index contributed by atoms with van der Waals surface area (Å²) < 4.78 is 82.8. The third-order valence-corrected chi connectivity index (χ3v) is 24.8. The van der Waals surface area contributed by atoms with Gasteiger partial charge in [-0.05, 0) is 155 Å². The molecular weight excluding hydrogens is 1330 g/mol. The van der Waals surface area contributed by atoms with E-state index in [1.165, 1.54) is 33.3 Å². The van der Waals surface area contributed by atoms with Crippen LogP contribution in [0.1, 0.15) is 146 Å². The third-order valence-electron chi connectivity index (χ3n) is 20.5. The van der Waals surface area contributed by atoms with E-state index in [2.05, 4.69) is 54.8 Å². The lowest BCUT2D eigenvalue weighted by molar-refractivity contribution is -0.121. The third kappa shape index (κ3) is 12.5. The van der Waals surface area contributed by atoms with Crippen LogP contribution in [0.2, 0.25) is 5.02 Å². The average Bonchev–Trinajstić information content (AvgIpc) is 1.45. The number of nitrogens with zero attached hydrogens (tertiary/aromatic N) is 6. The molecule has 7 aliphatic rings. The van der Waals surface area contributed by atoms with Gasteiger partial charge in [0.15, 0.2) is 0 Å². The first kappa shape index (κ1) is 69.1. The normalized spacial score (nSPS) is 19.4. The minimum atomic E-state index is -4.28. The molecule has 0 aliphatic carbocycles. The Kier molecular flexibility index (Phi) is 19.9. The highest BCUT2D eigenvalue weighted by Gasteiger charge is 2.61. The molecule has 23 heteroatoms. The fourth-order valence-electron chi connectivity index (χ4n) is 16.3. The number of hydrogen-bond donors (Lipinski definition) is 2. The zero-order chi connectivity index (χ0) is 69.6. The number of ether oxygens (including phenoxy) is 5. The smallest absolute Gasteiger partial charge is 0.330 e. The summed E-state index contributed by atoms with van der Waals surface area (Å²) in [6.45, 7) is 11.9. The number of carbonyl (C=O) groups is 1. The van der Waals surface area contributed by atoms with Crippen molar-refractivity contribution in [1.82, 2.24) is 23.8 Å². The van der Waals surface area contributed by atoms with Crippen LogP contribution in [0.5, 0.6) is 23.0 Å². The number of nitriles is 1. The second-order valence-corrected chi connectivity index (χ2v) is 30.8. The maximum Gasteiger partial charge on any atom is 0.330 e. The standard InChI is InChI=1S/C77H84ClN8O12PS/c1-49(2)86(50(3)4)99(95-42-16-35-79)98-65-46-69(96-66(65)48-94-77(54-20-8-7-9-21-54,55-25-30-58(92-5)31-26-55)56-27-32-59(93-6)33-28-56)84-47-53(74(88)81-75(84)89)17-10-11-24-68(87)80-36-41-85-76(62-34-29-57(78)45-67(62)100(85,90)91)63-43-51-18-12-37-82-39-14-22-60(70(51)82)72(63)97-73-61-23-15-40-83-38-13-19-52(71(61)83)44-64(73)76/h7-9,20-21,25-34,43-45,47,49-50,65-66,69H,11-16,18-19,22-24,36-42,46,48H2,1-6H3,(H,80,87)(H,81,88,89)/t65-,66?,69-,99?/m1/s1. The molecule has 1 amide bonds. The monoisotopic (exact) mass is 1410 g/mol. The van der Waals surface area contributed by atoms with E-state index >= 15 is 8.42 Å². The molecule has 1 saturated heterocycles. The van der Waals surface area contributed by atoms with E-state index < -0.39 is 59.4 Å². The van der Waals surface area contributed by atoms with Crippen molar-refractivity contribution in [2.45, 2.75) is 151 Å². The molecule has 0 bridgehead atoms. The van der Waals surface area contributed by atoms with E-state index in [4.69, 9.17) is 44.3 Å². The SMILES string of the molecule is COc1ccc(C(OCC2O[C@@H](n3cc(C#CCCC(=O)NCCN4C5(c6ccc(Cl)cc6S4(=O)=O)c4cc6c7c(c4Oc4c5cc5c8c4CCCN8CCC5)CCCN7CCC6)c(=O)[nH]c3=O)C[C@H]2OP(OCCC#N)N(C(C)C)C(C)C)(c2ccccc2)c2ccc(OC)cc2)cc1. The lowest BCUT2D eigenvalue weighted by Crippen LogP contribution is -2.50. The fourth-order valence-corrected chi connectivity index (χ4v) is 20.3. The number of sulfonamides is 1. The van der Waals surface area contributed by atoms with E-state index in [-0.39, 0.29) is 80.4 Å². The highest BCUT2D eigenvalue weighted by atomic mass is 35.5. The maximum atomic E-state index is 15.6. The van der Waals surface area contributed by atoms with Gasteiger partial charge >= 0.3 is 5.69 Å². The molecule has 1 aromatic heterocycles. The van der Waals surface area contributed by atoms with Gasteiger partial charge in [-0.2, -0.15) is 9.57 Å². The Hall–Kier alpha value is -8.05. The minimum Gasteiger partial charge on any atom is -0.497 e. The van der Waals surface area contributed by atoms with Crippen LogP contribution in [0.3, 0.4) is 0 Å².